The molecular formula is C5H9NO+. The van der Waals surface area contributed by atoms with Gasteiger partial charge in [-0.1, -0.05) is 0 Å². The minimum absolute atomic E-state index is 0.201. The zero-order chi connectivity index (χ0) is 5.91. The van der Waals surface area contributed by atoms with Gasteiger partial charge in [-0.15, -0.1) is 0 Å². The van der Waals surface area contributed by atoms with E-state index in [1.54, 1.807) is 13.1 Å². The summed E-state index contributed by atoms with van der Waals surface area (Å²) in [5.41, 5.74) is 4.65. The van der Waals surface area contributed by atoms with Crippen molar-refractivity contribution in [2.24, 2.45) is 5.73 Å². The Hall–Kier alpha value is -0.300. The second kappa shape index (κ2) is 2.12. The van der Waals surface area contributed by atoms with Crippen LogP contribution in [0.1, 0.15) is 13.3 Å². The van der Waals surface area contributed by atoms with E-state index in [0.29, 0.717) is 0 Å². The van der Waals surface area contributed by atoms with Crippen LogP contribution in [0, 0.1) is 13.1 Å². The first kappa shape index (κ1) is 6.70. The second-order valence-corrected chi connectivity index (χ2v) is 1.98. The quantitative estimate of drug-likeness (QED) is 0.473. The molecule has 0 fully saturated rings. The molecule has 0 heterocycles. The summed E-state index contributed by atoms with van der Waals surface area (Å²) in [7, 11) is 0. The van der Waals surface area contributed by atoms with Crippen molar-refractivity contribution in [2.45, 2.75) is 18.9 Å². The zero-order valence-electron chi connectivity index (χ0n) is 4.40. The summed E-state index contributed by atoms with van der Waals surface area (Å²) in [5, 5.41) is 0. The van der Waals surface area contributed by atoms with Gasteiger partial charge in [-0.05, 0) is 0 Å². The average molecular weight is 99.1 g/mol. The summed E-state index contributed by atoms with van der Waals surface area (Å²) in [6.07, 6.45) is 1.87. The Morgan fingerprint density at radius 3 is 2.43 bits per heavy atom. The Bertz CT molecular complexity index is 85.2. The molecule has 0 amide bonds. The van der Waals surface area contributed by atoms with Gasteiger partial charge in [0.25, 0.3) is 0 Å². The summed E-state index contributed by atoms with van der Waals surface area (Å²) in [6, 6.07) is 0. The van der Waals surface area contributed by atoms with Crippen LogP contribution >= 0.6 is 0 Å². The van der Waals surface area contributed by atoms with Crippen molar-refractivity contribution in [1.29, 1.82) is 0 Å². The molecule has 1 unspecified atom stereocenters. The Balaban J connectivity index is 3.40. The van der Waals surface area contributed by atoms with Gasteiger partial charge in [0.2, 0.25) is 0 Å². The van der Waals surface area contributed by atoms with Crippen molar-refractivity contribution >= 4 is 0 Å². The third-order valence-electron chi connectivity index (χ3n) is 0.476. The summed E-state index contributed by atoms with van der Waals surface area (Å²) < 4.78 is 9.58. The van der Waals surface area contributed by atoms with E-state index in [0.717, 1.165) is 0 Å². The van der Waals surface area contributed by atoms with Crippen molar-refractivity contribution in [3.8, 4) is 6.15 Å². The molecule has 0 spiro atoms. The molecule has 0 saturated carbocycles. The first-order valence-electron chi connectivity index (χ1n) is 2.05. The van der Waals surface area contributed by atoms with E-state index in [9.17, 15) is 4.65 Å². The summed E-state index contributed by atoms with van der Waals surface area (Å²) in [4.78, 5) is 0. The van der Waals surface area contributed by atoms with E-state index >= 15 is 0 Å². The fraction of sp³-hybridized carbons (Fsp3) is 0.600. The van der Waals surface area contributed by atoms with Crippen LogP contribution in [0.3, 0.4) is 0 Å². The first-order chi connectivity index (χ1) is 3.06. The van der Waals surface area contributed by atoms with Gasteiger partial charge in [-0.25, -0.2) is 0 Å². The van der Waals surface area contributed by atoms with Crippen molar-refractivity contribution in [1.82, 2.24) is 0 Å². The van der Waals surface area contributed by atoms with E-state index in [2.05, 4.69) is 6.92 Å². The predicted molar refractivity (Wildman–Crippen MR) is 27.1 cm³/mol. The van der Waals surface area contributed by atoms with Crippen molar-refractivity contribution in [3.63, 3.8) is 0 Å². The van der Waals surface area contributed by atoms with Gasteiger partial charge < -0.3 is 0 Å². The van der Waals surface area contributed by atoms with Gasteiger partial charge in [-0.3, -0.25) is 0 Å². The van der Waals surface area contributed by atoms with E-state index in [1.165, 1.54) is 0 Å². The Morgan fingerprint density at radius 1 is 2.00 bits per heavy atom. The molecule has 0 aromatic rings. The summed E-state index contributed by atoms with van der Waals surface area (Å²) in [6.45, 7) is 5.15. The average Bonchev–Trinajstić information content (AvgIpc) is 1.30. The number of rotatable bonds is 1. The Labute approximate surface area is 43.4 Å². The molecule has 39 valence electrons. The van der Waals surface area contributed by atoms with Crippen molar-refractivity contribution in [2.75, 3.05) is 0 Å². The van der Waals surface area contributed by atoms with Crippen LogP contribution in [0.5, 0.6) is 0 Å². The third-order valence-corrected chi connectivity index (χ3v) is 0.476. The molecule has 7 heavy (non-hydrogen) atoms. The third kappa shape index (κ3) is 5.70. The van der Waals surface area contributed by atoms with Crippen molar-refractivity contribution in [3.05, 3.63) is 6.92 Å². The summed E-state index contributed by atoms with van der Waals surface area (Å²) >= 11 is 0. The molecular weight excluding hydrogens is 90.1 g/mol. The van der Waals surface area contributed by atoms with Gasteiger partial charge in [-0.2, -0.15) is 0 Å². The molecule has 1 atom stereocenters. The first-order valence-corrected chi connectivity index (χ1v) is 2.05. The number of hydrogen-bond donors (Lipinski definition) is 1. The van der Waals surface area contributed by atoms with Crippen LogP contribution < -0.4 is 5.73 Å². The fourth-order valence-electron chi connectivity index (χ4n) is 0.165. The van der Waals surface area contributed by atoms with E-state index in [4.69, 9.17) is 5.73 Å². The molecule has 0 aliphatic heterocycles. The van der Waals surface area contributed by atoms with E-state index in [1.807, 2.05) is 0 Å². The number of hydrogen-bond acceptors (Lipinski definition) is 1. The zero-order valence-corrected chi connectivity index (χ0v) is 4.40. The van der Waals surface area contributed by atoms with E-state index in [-0.39, 0.29) is 6.42 Å². The van der Waals surface area contributed by atoms with Gasteiger partial charge in [0, 0.05) is 0 Å². The normalized spacial score (nSPS) is 10.6. The molecule has 2 heteroatoms. The molecule has 0 aliphatic rings. The van der Waals surface area contributed by atoms with Gasteiger partial charge in [0.1, 0.15) is 0 Å². The number of nitrogens with two attached hydrogens (primary N) is 1. The second-order valence-electron chi connectivity index (χ2n) is 1.98. The maximum atomic E-state index is 9.58. The molecule has 0 aliphatic carbocycles. The standard InChI is InChI=1S/C5H9NO/c1-5(2,6)3-4-7/h1,3,6H2,2H3/q+1. The van der Waals surface area contributed by atoms with Crippen LogP contribution in [0.25, 0.3) is 0 Å². The van der Waals surface area contributed by atoms with Crippen LogP contribution in [-0.2, 0) is 4.65 Å². The van der Waals surface area contributed by atoms with Gasteiger partial charge in [0.05, 0.1) is 0 Å². The Kier molecular flexibility index (Phi) is 2.03. The maximum absolute atomic E-state index is 9.58. The van der Waals surface area contributed by atoms with Crippen LogP contribution in [-0.4, -0.2) is 5.54 Å². The molecule has 0 aromatic heterocycles. The fourth-order valence-corrected chi connectivity index (χ4v) is 0.165. The minimum atomic E-state index is -0.623. The molecule has 0 saturated heterocycles. The topological polar surface area (TPSA) is 45.9 Å². The van der Waals surface area contributed by atoms with Crippen LogP contribution in [0.2, 0.25) is 0 Å². The van der Waals surface area contributed by atoms with Crippen LogP contribution in [0.15, 0.2) is 0 Å². The van der Waals surface area contributed by atoms with Gasteiger partial charge in [0.15, 0.2) is 0 Å². The molecule has 2 N–H and O–H groups in total. The molecule has 2 nitrogen and oxygen atoms in total. The summed E-state index contributed by atoms with van der Waals surface area (Å²) in [5.74, 6) is 0. The van der Waals surface area contributed by atoms with Crippen LogP contribution in [0.4, 0.5) is 0 Å². The SMILES string of the molecule is [CH2]C(C)(N)CC#[O+]. The monoisotopic (exact) mass is 99.1 g/mol. The molecule has 0 bridgehead atoms. The van der Waals surface area contributed by atoms with Gasteiger partial charge >= 0.3 is 42.3 Å². The molecule has 1 radical (unpaired) electrons. The van der Waals surface area contributed by atoms with Crippen molar-refractivity contribution < 1.29 is 4.65 Å². The van der Waals surface area contributed by atoms with E-state index < -0.39 is 5.54 Å². The predicted octanol–water partition coefficient (Wildman–Crippen LogP) is 0.318. The molecule has 0 aromatic carbocycles. The molecule has 0 rings (SSSR count). The Morgan fingerprint density at radius 2 is 2.43 bits per heavy atom.